The number of para-hydroxylation sites is 1. The number of ether oxygens (including phenoxy) is 1. The largest absolute Gasteiger partial charge is 0.497 e. The molecule has 0 aliphatic heterocycles. The van der Waals surface area contributed by atoms with E-state index in [1.807, 2.05) is 6.07 Å². The molecule has 4 rings (SSSR count). The van der Waals surface area contributed by atoms with E-state index in [0.717, 1.165) is 0 Å². The number of carbonyl (C=O) groups is 1. The maximum atomic E-state index is 14.6. The van der Waals surface area contributed by atoms with Crippen LogP contribution in [0.5, 0.6) is 5.75 Å². The molecule has 30 heavy (non-hydrogen) atoms. The third kappa shape index (κ3) is 4.08. The number of Topliss-reactive ketones (excluding diaryl/α,β-unsaturated/α-hetero) is 1. The highest BCUT2D eigenvalue weighted by Gasteiger charge is 2.20. The van der Waals surface area contributed by atoms with Gasteiger partial charge in [-0.25, -0.2) is 4.39 Å². The third-order valence-corrected chi connectivity index (χ3v) is 5.32. The van der Waals surface area contributed by atoms with E-state index in [1.54, 1.807) is 72.6 Å². The van der Waals surface area contributed by atoms with Gasteiger partial charge in [0.15, 0.2) is 16.8 Å². The van der Waals surface area contributed by atoms with E-state index in [-0.39, 0.29) is 11.5 Å². The summed E-state index contributed by atoms with van der Waals surface area (Å²) in [6.07, 6.45) is 3.29. The summed E-state index contributed by atoms with van der Waals surface area (Å²) >= 11 is 1.20. The lowest BCUT2D eigenvalue weighted by Crippen LogP contribution is -2.06. The van der Waals surface area contributed by atoms with Crippen molar-refractivity contribution in [1.29, 1.82) is 0 Å². The molecule has 2 aromatic heterocycles. The van der Waals surface area contributed by atoms with Gasteiger partial charge in [-0.3, -0.25) is 14.3 Å². The second-order valence-corrected chi connectivity index (χ2v) is 7.22. The van der Waals surface area contributed by atoms with Gasteiger partial charge in [-0.15, -0.1) is 10.2 Å². The topological polar surface area (TPSA) is 69.9 Å². The molecule has 150 valence electrons. The first-order valence-electron chi connectivity index (χ1n) is 9.08. The molecule has 0 aliphatic rings. The van der Waals surface area contributed by atoms with Gasteiger partial charge in [-0.05, 0) is 48.5 Å². The predicted molar refractivity (Wildman–Crippen MR) is 113 cm³/mol. The van der Waals surface area contributed by atoms with E-state index >= 15 is 0 Å². The quantitative estimate of drug-likeness (QED) is 0.325. The van der Waals surface area contributed by atoms with Crippen molar-refractivity contribution in [2.45, 2.75) is 5.16 Å². The molecule has 0 aliphatic carbocycles. The summed E-state index contributed by atoms with van der Waals surface area (Å²) in [4.78, 5) is 16.7. The molecule has 0 amide bonds. The summed E-state index contributed by atoms with van der Waals surface area (Å²) in [6.45, 7) is 0. The number of carbonyl (C=O) groups excluding carboxylic acids is 1. The van der Waals surface area contributed by atoms with E-state index < -0.39 is 5.82 Å². The predicted octanol–water partition coefficient (Wildman–Crippen LogP) is 4.45. The van der Waals surface area contributed by atoms with Gasteiger partial charge in [0.05, 0.1) is 18.6 Å². The Morgan fingerprint density at radius 1 is 1.07 bits per heavy atom. The zero-order chi connectivity index (χ0) is 20.9. The number of ketones is 1. The molecule has 0 saturated heterocycles. The zero-order valence-corrected chi connectivity index (χ0v) is 16.8. The van der Waals surface area contributed by atoms with E-state index in [2.05, 4.69) is 15.2 Å². The molecular formula is C22H17FN4O2S. The summed E-state index contributed by atoms with van der Waals surface area (Å²) in [5.74, 6) is 0.776. The minimum Gasteiger partial charge on any atom is -0.497 e. The van der Waals surface area contributed by atoms with Gasteiger partial charge in [0.1, 0.15) is 11.6 Å². The SMILES string of the molecule is COc1ccc(C(=O)CSc2nnc(-c3cccnc3)n2-c2ccccc2F)cc1. The van der Waals surface area contributed by atoms with Crippen LogP contribution in [0.3, 0.4) is 0 Å². The van der Waals surface area contributed by atoms with E-state index in [0.29, 0.717) is 33.5 Å². The van der Waals surface area contributed by atoms with Crippen LogP contribution in [0.1, 0.15) is 10.4 Å². The number of nitrogens with zero attached hydrogens (tertiary/aromatic N) is 4. The number of aromatic nitrogens is 4. The van der Waals surface area contributed by atoms with Crippen molar-refractivity contribution in [1.82, 2.24) is 19.7 Å². The average molecular weight is 420 g/mol. The fourth-order valence-corrected chi connectivity index (χ4v) is 3.73. The number of benzene rings is 2. The summed E-state index contributed by atoms with van der Waals surface area (Å²) in [6, 6.07) is 16.9. The molecule has 2 aromatic carbocycles. The van der Waals surface area contributed by atoms with Gasteiger partial charge in [0, 0.05) is 23.5 Å². The van der Waals surface area contributed by atoms with Crippen molar-refractivity contribution < 1.29 is 13.9 Å². The van der Waals surface area contributed by atoms with Crippen molar-refractivity contribution in [3.63, 3.8) is 0 Å². The molecule has 0 N–H and O–H groups in total. The Kier molecular flexibility index (Phi) is 5.85. The fraction of sp³-hybridized carbons (Fsp3) is 0.0909. The lowest BCUT2D eigenvalue weighted by molar-refractivity contribution is 0.102. The van der Waals surface area contributed by atoms with E-state index in [4.69, 9.17) is 4.74 Å². The average Bonchev–Trinajstić information content (AvgIpc) is 3.22. The summed E-state index contributed by atoms with van der Waals surface area (Å²) in [5, 5.41) is 8.86. The molecule has 4 aromatic rings. The molecule has 2 heterocycles. The molecule has 0 saturated carbocycles. The fourth-order valence-electron chi connectivity index (χ4n) is 2.89. The van der Waals surface area contributed by atoms with Crippen LogP contribution in [0.4, 0.5) is 4.39 Å². The van der Waals surface area contributed by atoms with Crippen LogP contribution >= 0.6 is 11.8 Å². The zero-order valence-electron chi connectivity index (χ0n) is 16.0. The highest BCUT2D eigenvalue weighted by Crippen LogP contribution is 2.29. The van der Waals surface area contributed by atoms with Gasteiger partial charge in [0.2, 0.25) is 0 Å². The standard InChI is InChI=1S/C22H17FN4O2S/c1-29-17-10-8-15(9-11-17)20(28)14-30-22-26-25-21(16-5-4-12-24-13-16)27(22)19-7-3-2-6-18(19)23/h2-13H,14H2,1H3. The maximum absolute atomic E-state index is 14.6. The summed E-state index contributed by atoms with van der Waals surface area (Å²) < 4.78 is 21.3. The van der Waals surface area contributed by atoms with Crippen molar-refractivity contribution in [3.05, 3.63) is 84.4 Å². The number of hydrogen-bond donors (Lipinski definition) is 0. The Balaban J connectivity index is 1.65. The van der Waals surface area contributed by atoms with Gasteiger partial charge in [-0.2, -0.15) is 0 Å². The smallest absolute Gasteiger partial charge is 0.196 e. The highest BCUT2D eigenvalue weighted by molar-refractivity contribution is 7.99. The Morgan fingerprint density at radius 2 is 1.87 bits per heavy atom. The van der Waals surface area contributed by atoms with Crippen LogP contribution in [-0.4, -0.2) is 38.4 Å². The van der Waals surface area contributed by atoms with Crippen LogP contribution in [0.25, 0.3) is 17.1 Å². The third-order valence-electron chi connectivity index (χ3n) is 4.39. The molecule has 0 atom stereocenters. The van der Waals surface area contributed by atoms with Gasteiger partial charge in [0.25, 0.3) is 0 Å². The van der Waals surface area contributed by atoms with Crippen molar-refractivity contribution in [3.8, 4) is 22.8 Å². The van der Waals surface area contributed by atoms with Crippen LogP contribution < -0.4 is 4.74 Å². The number of methoxy groups -OCH3 is 1. The molecule has 0 fully saturated rings. The number of rotatable bonds is 7. The Hall–Kier alpha value is -3.52. The molecule has 0 spiro atoms. The van der Waals surface area contributed by atoms with Gasteiger partial charge >= 0.3 is 0 Å². The van der Waals surface area contributed by atoms with Gasteiger partial charge < -0.3 is 4.74 Å². The number of hydrogen-bond acceptors (Lipinski definition) is 6. The molecule has 0 radical (unpaired) electrons. The molecule has 0 unspecified atom stereocenters. The van der Waals surface area contributed by atoms with Crippen LogP contribution in [0.2, 0.25) is 0 Å². The number of halogens is 1. The second kappa shape index (κ2) is 8.87. The summed E-state index contributed by atoms with van der Waals surface area (Å²) in [7, 11) is 1.57. The molecule has 0 bridgehead atoms. The van der Waals surface area contributed by atoms with Crippen LogP contribution in [-0.2, 0) is 0 Å². The molecule has 6 nitrogen and oxygen atoms in total. The first-order chi connectivity index (χ1) is 14.7. The lowest BCUT2D eigenvalue weighted by atomic mass is 10.1. The van der Waals surface area contributed by atoms with E-state index in [9.17, 15) is 9.18 Å². The lowest BCUT2D eigenvalue weighted by Gasteiger charge is -2.11. The maximum Gasteiger partial charge on any atom is 0.196 e. The Morgan fingerprint density at radius 3 is 2.57 bits per heavy atom. The van der Waals surface area contributed by atoms with Crippen LogP contribution in [0.15, 0.2) is 78.2 Å². The van der Waals surface area contributed by atoms with E-state index in [1.165, 1.54) is 17.8 Å². The normalized spacial score (nSPS) is 10.7. The summed E-state index contributed by atoms with van der Waals surface area (Å²) in [5.41, 5.74) is 1.56. The molecular weight excluding hydrogens is 403 g/mol. The minimum atomic E-state index is -0.411. The van der Waals surface area contributed by atoms with Crippen LogP contribution in [0, 0.1) is 5.82 Å². The molecule has 8 heteroatoms. The highest BCUT2D eigenvalue weighted by atomic mass is 32.2. The monoisotopic (exact) mass is 420 g/mol. The number of pyridine rings is 1. The minimum absolute atomic E-state index is 0.0753. The first-order valence-corrected chi connectivity index (χ1v) is 10.1. The number of thioether (sulfide) groups is 1. The van der Waals surface area contributed by atoms with Crippen molar-refractivity contribution >= 4 is 17.5 Å². The van der Waals surface area contributed by atoms with Crippen molar-refractivity contribution in [2.24, 2.45) is 0 Å². The Labute approximate surface area is 176 Å². The van der Waals surface area contributed by atoms with Gasteiger partial charge in [-0.1, -0.05) is 23.9 Å². The van der Waals surface area contributed by atoms with Crippen molar-refractivity contribution in [2.75, 3.05) is 12.9 Å². The Bertz CT molecular complexity index is 1160. The second-order valence-electron chi connectivity index (χ2n) is 6.28. The first kappa shape index (κ1) is 19.8.